The van der Waals surface area contributed by atoms with Crippen LogP contribution in [0.5, 0.6) is 0 Å². The first kappa shape index (κ1) is 22.8. The number of carbonyl (C=O) groups is 1. The quantitative estimate of drug-likeness (QED) is 0.334. The molecule has 0 bridgehead atoms. The van der Waals surface area contributed by atoms with Gasteiger partial charge in [0.05, 0.1) is 12.2 Å². The molecule has 1 aliphatic carbocycles. The molecule has 7 heteroatoms. The third kappa shape index (κ3) is 6.55. The molecule has 1 aliphatic heterocycles. The lowest BCUT2D eigenvalue weighted by molar-refractivity contribution is -0.150. The van der Waals surface area contributed by atoms with Gasteiger partial charge < -0.3 is 25.1 Å². The predicted octanol–water partition coefficient (Wildman–Crippen LogP) is 2.97. The van der Waals surface area contributed by atoms with Crippen LogP contribution in [0.4, 0.5) is 0 Å². The van der Waals surface area contributed by atoms with Gasteiger partial charge in [-0.2, -0.15) is 0 Å². The number of nitrogens with zero attached hydrogens (tertiary/aromatic N) is 1. The van der Waals surface area contributed by atoms with Crippen LogP contribution in [-0.4, -0.2) is 66.9 Å². The van der Waals surface area contributed by atoms with Gasteiger partial charge in [-0.05, 0) is 40.0 Å². The van der Waals surface area contributed by atoms with Crippen molar-refractivity contribution in [1.29, 1.82) is 10.8 Å². The van der Waals surface area contributed by atoms with Crippen molar-refractivity contribution in [3.63, 3.8) is 0 Å². The Morgan fingerprint density at radius 1 is 1.18 bits per heavy atom. The Morgan fingerprint density at radius 3 is 2.43 bits per heavy atom. The van der Waals surface area contributed by atoms with Crippen LogP contribution in [0.15, 0.2) is 0 Å². The van der Waals surface area contributed by atoms with Gasteiger partial charge in [-0.15, -0.1) is 0 Å². The van der Waals surface area contributed by atoms with Gasteiger partial charge in [-0.3, -0.25) is 10.2 Å². The highest BCUT2D eigenvalue weighted by Crippen LogP contribution is 2.23. The molecule has 0 aromatic carbocycles. The van der Waals surface area contributed by atoms with Crippen molar-refractivity contribution in [2.24, 2.45) is 5.92 Å². The Morgan fingerprint density at radius 2 is 1.86 bits per heavy atom. The Bertz CT molecular complexity index is 546. The summed E-state index contributed by atoms with van der Waals surface area (Å²) in [6, 6.07) is 0.847. The number of hydrogen-bond donors (Lipinski definition) is 3. The number of rotatable bonds is 8. The van der Waals surface area contributed by atoms with Gasteiger partial charge in [-0.25, -0.2) is 0 Å². The fourth-order valence-electron chi connectivity index (χ4n) is 4.27. The summed E-state index contributed by atoms with van der Waals surface area (Å²) in [6.07, 6.45) is 7.24. The van der Waals surface area contributed by atoms with E-state index in [0.29, 0.717) is 24.8 Å². The fraction of sp³-hybridized carbons (Fsp3) is 0.857. The van der Waals surface area contributed by atoms with Crippen LogP contribution in [0.3, 0.4) is 0 Å². The molecule has 0 amide bonds. The second-order valence-electron chi connectivity index (χ2n) is 8.52. The number of likely N-dealkylation sites (tertiary alicyclic amines) is 1. The third-order valence-corrected chi connectivity index (χ3v) is 5.73. The highest BCUT2D eigenvalue weighted by atomic mass is 16.5. The predicted molar refractivity (Wildman–Crippen MR) is 111 cm³/mol. The summed E-state index contributed by atoms with van der Waals surface area (Å²) < 4.78 is 11.1. The van der Waals surface area contributed by atoms with Crippen LogP contribution >= 0.6 is 0 Å². The smallest absolute Gasteiger partial charge is 0.317 e. The minimum atomic E-state index is -0.722. The number of ether oxygens (including phenoxy) is 2. The van der Waals surface area contributed by atoms with Crippen molar-refractivity contribution in [1.82, 2.24) is 10.2 Å². The molecule has 0 radical (unpaired) electrons. The largest absolute Gasteiger partial charge is 0.462 e. The van der Waals surface area contributed by atoms with E-state index >= 15 is 0 Å². The lowest BCUT2D eigenvalue weighted by Gasteiger charge is -2.42. The number of amidine groups is 1. The first-order chi connectivity index (χ1) is 13.3. The van der Waals surface area contributed by atoms with Gasteiger partial charge in [0.15, 0.2) is 0 Å². The molecule has 7 nitrogen and oxygen atoms in total. The zero-order chi connectivity index (χ0) is 20.7. The van der Waals surface area contributed by atoms with Crippen molar-refractivity contribution in [3.05, 3.63) is 0 Å². The molecule has 1 heterocycles. The van der Waals surface area contributed by atoms with E-state index in [4.69, 9.17) is 20.3 Å². The SMILES string of the molecule is COC1CN(C(=N)C(CC(C)=N)C(=O)OC(C)C)CCC1NC1CCCCC1. The Labute approximate surface area is 169 Å². The summed E-state index contributed by atoms with van der Waals surface area (Å²) >= 11 is 0. The monoisotopic (exact) mass is 394 g/mol. The molecular weight excluding hydrogens is 356 g/mol. The molecular formula is C21H38N4O3. The normalized spacial score (nSPS) is 24.8. The fourth-order valence-corrected chi connectivity index (χ4v) is 4.27. The molecule has 3 N–H and O–H groups in total. The zero-order valence-corrected chi connectivity index (χ0v) is 17.9. The number of nitrogens with one attached hydrogen (secondary N) is 3. The van der Waals surface area contributed by atoms with Gasteiger partial charge >= 0.3 is 5.97 Å². The Kier molecular flexibility index (Phi) is 8.89. The number of piperidine rings is 1. The second kappa shape index (κ2) is 10.9. The lowest BCUT2D eigenvalue weighted by Crippen LogP contribution is -2.58. The molecule has 0 aromatic heterocycles. The summed E-state index contributed by atoms with van der Waals surface area (Å²) in [5.74, 6) is -0.890. The van der Waals surface area contributed by atoms with Gasteiger partial charge in [-0.1, -0.05) is 19.3 Å². The van der Waals surface area contributed by atoms with Crippen molar-refractivity contribution < 1.29 is 14.3 Å². The molecule has 28 heavy (non-hydrogen) atoms. The third-order valence-electron chi connectivity index (χ3n) is 5.73. The maximum absolute atomic E-state index is 12.5. The van der Waals surface area contributed by atoms with Crippen LogP contribution in [0.25, 0.3) is 0 Å². The molecule has 2 rings (SSSR count). The highest BCUT2D eigenvalue weighted by Gasteiger charge is 2.36. The molecule has 2 fully saturated rings. The highest BCUT2D eigenvalue weighted by molar-refractivity contribution is 6.02. The first-order valence-electron chi connectivity index (χ1n) is 10.7. The molecule has 3 unspecified atom stereocenters. The molecule has 0 aromatic rings. The number of methoxy groups -OCH3 is 1. The number of hydrogen-bond acceptors (Lipinski definition) is 6. The summed E-state index contributed by atoms with van der Waals surface area (Å²) in [4.78, 5) is 14.5. The van der Waals surface area contributed by atoms with Crippen LogP contribution < -0.4 is 5.32 Å². The zero-order valence-electron chi connectivity index (χ0n) is 17.9. The van der Waals surface area contributed by atoms with Gasteiger partial charge in [0.1, 0.15) is 11.8 Å². The van der Waals surface area contributed by atoms with E-state index < -0.39 is 11.9 Å². The molecule has 3 atom stereocenters. The van der Waals surface area contributed by atoms with Crippen LogP contribution in [0, 0.1) is 16.7 Å². The van der Waals surface area contributed by atoms with Crippen LogP contribution in [-0.2, 0) is 14.3 Å². The minimum absolute atomic E-state index is 0.0149. The second-order valence-corrected chi connectivity index (χ2v) is 8.52. The van der Waals surface area contributed by atoms with Crippen LogP contribution in [0.2, 0.25) is 0 Å². The van der Waals surface area contributed by atoms with Crippen LogP contribution in [0.1, 0.15) is 65.7 Å². The van der Waals surface area contributed by atoms with E-state index in [1.165, 1.54) is 32.1 Å². The molecule has 0 spiro atoms. The van der Waals surface area contributed by atoms with E-state index in [9.17, 15) is 4.79 Å². The van der Waals surface area contributed by atoms with Gasteiger partial charge in [0.2, 0.25) is 0 Å². The van der Waals surface area contributed by atoms with E-state index in [2.05, 4.69) is 5.32 Å². The van der Waals surface area contributed by atoms with Gasteiger partial charge in [0.25, 0.3) is 0 Å². The molecule has 1 saturated carbocycles. The lowest BCUT2D eigenvalue weighted by atomic mass is 9.92. The number of esters is 1. The summed E-state index contributed by atoms with van der Waals surface area (Å²) in [5.41, 5.74) is 0.382. The van der Waals surface area contributed by atoms with E-state index in [0.717, 1.165) is 6.42 Å². The minimum Gasteiger partial charge on any atom is -0.462 e. The Hall–Kier alpha value is -1.47. The maximum atomic E-state index is 12.5. The summed E-state index contributed by atoms with van der Waals surface area (Å²) in [7, 11) is 1.72. The number of carbonyl (C=O) groups excluding carboxylic acids is 1. The summed E-state index contributed by atoms with van der Waals surface area (Å²) in [6.45, 7) is 6.58. The van der Waals surface area contributed by atoms with Crippen molar-refractivity contribution in [3.8, 4) is 0 Å². The van der Waals surface area contributed by atoms with E-state index in [1.54, 1.807) is 27.9 Å². The van der Waals surface area contributed by atoms with E-state index in [-0.39, 0.29) is 30.5 Å². The van der Waals surface area contributed by atoms with Gasteiger partial charge in [0, 0.05) is 44.4 Å². The first-order valence-corrected chi connectivity index (χ1v) is 10.7. The van der Waals surface area contributed by atoms with Crippen molar-refractivity contribution in [2.75, 3.05) is 20.2 Å². The standard InChI is InChI=1S/C21H38N4O3/c1-14(2)28-21(26)17(12-15(3)22)20(23)25-11-10-18(19(13-25)27-4)24-16-8-6-5-7-9-16/h14,16-19,22-24H,5-13H2,1-4H3. The average molecular weight is 395 g/mol. The maximum Gasteiger partial charge on any atom is 0.317 e. The molecule has 2 aliphatic rings. The average Bonchev–Trinajstić information content (AvgIpc) is 2.66. The van der Waals surface area contributed by atoms with Crippen molar-refractivity contribution in [2.45, 2.75) is 90.0 Å². The van der Waals surface area contributed by atoms with E-state index in [1.807, 2.05) is 4.90 Å². The molecule has 1 saturated heterocycles. The topological polar surface area (TPSA) is 98.5 Å². The Balaban J connectivity index is 2.00. The van der Waals surface area contributed by atoms with Crippen molar-refractivity contribution >= 4 is 17.5 Å². The molecule has 160 valence electrons. The summed E-state index contributed by atoms with van der Waals surface area (Å²) in [5, 5.41) is 20.2.